The highest BCUT2D eigenvalue weighted by molar-refractivity contribution is 7.84. The number of nitrogens with two attached hydrogens (primary N) is 1. The second kappa shape index (κ2) is 6.86. The van der Waals surface area contributed by atoms with Gasteiger partial charge in [0.15, 0.2) is 0 Å². The number of carbonyl (C=O) groups is 1. The Morgan fingerprint density at radius 3 is 2.45 bits per heavy atom. The van der Waals surface area contributed by atoms with Crippen LogP contribution in [-0.4, -0.2) is 15.9 Å². The Balaban J connectivity index is 2.04. The molecule has 0 radical (unpaired) electrons. The summed E-state index contributed by atoms with van der Waals surface area (Å²) in [5.41, 5.74) is 5.87. The second-order valence-corrected chi connectivity index (χ2v) is 5.71. The van der Waals surface area contributed by atoms with Gasteiger partial charge in [-0.3, -0.25) is 9.00 Å². The fourth-order valence-electron chi connectivity index (χ4n) is 1.72. The van der Waals surface area contributed by atoms with Crippen molar-refractivity contribution in [1.29, 1.82) is 0 Å². The quantitative estimate of drug-likeness (QED) is 0.886. The van der Waals surface area contributed by atoms with Gasteiger partial charge >= 0.3 is 0 Å². The molecule has 0 saturated carbocycles. The van der Waals surface area contributed by atoms with Crippen molar-refractivity contribution >= 4 is 16.7 Å². The van der Waals surface area contributed by atoms with Gasteiger partial charge in [-0.15, -0.1) is 0 Å². The Hall–Kier alpha value is -2.14. The summed E-state index contributed by atoms with van der Waals surface area (Å²) < 4.78 is 17.4. The summed E-state index contributed by atoms with van der Waals surface area (Å²) in [4.78, 5) is 10.7. The van der Waals surface area contributed by atoms with Crippen LogP contribution in [0.4, 0.5) is 0 Å². The van der Waals surface area contributed by atoms with E-state index in [2.05, 4.69) is 0 Å². The van der Waals surface area contributed by atoms with Crippen LogP contribution in [0, 0.1) is 0 Å². The van der Waals surface area contributed by atoms with Gasteiger partial charge in [0.05, 0.1) is 0 Å². The van der Waals surface area contributed by atoms with E-state index >= 15 is 0 Å². The summed E-state index contributed by atoms with van der Waals surface area (Å²) in [7, 11) is -1.29. The maximum absolute atomic E-state index is 11.7. The van der Waals surface area contributed by atoms with E-state index in [9.17, 15) is 9.00 Å². The van der Waals surface area contributed by atoms with Crippen LogP contribution in [0.5, 0.6) is 11.5 Å². The van der Waals surface area contributed by atoms with Crippen LogP contribution in [0.2, 0.25) is 0 Å². The molecule has 2 N–H and O–H groups in total. The van der Waals surface area contributed by atoms with Gasteiger partial charge in [-0.05, 0) is 29.8 Å². The predicted octanol–water partition coefficient (Wildman–Crippen LogP) is 2.21. The molecule has 4 nitrogen and oxygen atoms in total. The molecule has 20 heavy (non-hydrogen) atoms. The molecule has 0 saturated heterocycles. The van der Waals surface area contributed by atoms with E-state index in [1.165, 1.54) is 0 Å². The second-order valence-electron chi connectivity index (χ2n) is 4.26. The SMILES string of the molecule is NC(=O)C[S@@](=O)Cc1cccc(Oc2ccccc2)c1. The van der Waals surface area contributed by atoms with Crippen molar-refractivity contribution in [2.24, 2.45) is 5.73 Å². The van der Waals surface area contributed by atoms with Crippen molar-refractivity contribution in [3.63, 3.8) is 0 Å². The molecule has 5 heteroatoms. The minimum atomic E-state index is -1.29. The molecule has 0 bridgehead atoms. The van der Waals surface area contributed by atoms with E-state index < -0.39 is 16.7 Å². The molecule has 0 aliphatic carbocycles. The van der Waals surface area contributed by atoms with E-state index in [-0.39, 0.29) is 11.5 Å². The summed E-state index contributed by atoms with van der Waals surface area (Å²) in [6, 6.07) is 16.7. The molecular weight excluding hydrogens is 274 g/mol. The Labute approximate surface area is 120 Å². The van der Waals surface area contributed by atoms with Gasteiger partial charge < -0.3 is 10.5 Å². The lowest BCUT2D eigenvalue weighted by Gasteiger charge is -2.07. The Morgan fingerprint density at radius 2 is 1.75 bits per heavy atom. The van der Waals surface area contributed by atoms with Crippen LogP contribution in [0.1, 0.15) is 5.56 Å². The third-order valence-electron chi connectivity index (χ3n) is 2.51. The van der Waals surface area contributed by atoms with Gasteiger partial charge in [0, 0.05) is 16.6 Å². The number of para-hydroxylation sites is 1. The van der Waals surface area contributed by atoms with Gasteiger partial charge in [0.1, 0.15) is 17.3 Å². The molecule has 104 valence electrons. The number of primary amides is 1. The van der Waals surface area contributed by atoms with Crippen molar-refractivity contribution < 1.29 is 13.7 Å². The van der Waals surface area contributed by atoms with Gasteiger partial charge in [0.2, 0.25) is 5.91 Å². The summed E-state index contributed by atoms with van der Waals surface area (Å²) in [5, 5.41) is 0. The first kappa shape index (κ1) is 14.3. The van der Waals surface area contributed by atoms with Crippen LogP contribution in [0.25, 0.3) is 0 Å². The molecule has 0 heterocycles. The average Bonchev–Trinajstić information content (AvgIpc) is 2.39. The monoisotopic (exact) mass is 289 g/mol. The van der Waals surface area contributed by atoms with E-state index in [1.807, 2.05) is 54.6 Å². The minimum absolute atomic E-state index is 0.121. The first-order chi connectivity index (χ1) is 9.63. The molecule has 1 atom stereocenters. The lowest BCUT2D eigenvalue weighted by molar-refractivity contribution is -0.115. The average molecular weight is 289 g/mol. The van der Waals surface area contributed by atoms with E-state index in [0.29, 0.717) is 5.75 Å². The number of amides is 1. The van der Waals surface area contributed by atoms with E-state index in [4.69, 9.17) is 10.5 Å². The van der Waals surface area contributed by atoms with Crippen molar-refractivity contribution in [2.75, 3.05) is 5.75 Å². The smallest absolute Gasteiger partial charge is 0.230 e. The first-order valence-corrected chi connectivity index (χ1v) is 7.57. The number of carbonyl (C=O) groups excluding carboxylic acids is 1. The van der Waals surface area contributed by atoms with E-state index in [1.54, 1.807) is 0 Å². The number of rotatable bonds is 6. The van der Waals surface area contributed by atoms with Gasteiger partial charge in [-0.2, -0.15) is 0 Å². The molecule has 0 unspecified atom stereocenters. The fraction of sp³-hybridized carbons (Fsp3) is 0.133. The zero-order valence-corrected chi connectivity index (χ0v) is 11.6. The standard InChI is InChI=1S/C15H15NO3S/c16-15(17)11-20(18)10-12-5-4-8-14(9-12)19-13-6-2-1-3-7-13/h1-9H,10-11H2,(H2,16,17)/t20-/m0/s1. The number of benzene rings is 2. The Kier molecular flexibility index (Phi) is 4.90. The zero-order valence-electron chi connectivity index (χ0n) is 10.8. The minimum Gasteiger partial charge on any atom is -0.457 e. The van der Waals surface area contributed by atoms with Crippen LogP contribution >= 0.6 is 0 Å². The molecule has 0 spiro atoms. The highest BCUT2D eigenvalue weighted by atomic mass is 32.2. The maximum atomic E-state index is 11.7. The largest absolute Gasteiger partial charge is 0.457 e. The fourth-order valence-corrected chi connectivity index (χ4v) is 2.69. The summed E-state index contributed by atoms with van der Waals surface area (Å²) in [6.45, 7) is 0. The highest BCUT2D eigenvalue weighted by Crippen LogP contribution is 2.22. The molecule has 0 fully saturated rings. The number of ether oxygens (including phenoxy) is 1. The molecule has 0 aromatic heterocycles. The van der Waals surface area contributed by atoms with Gasteiger partial charge in [-0.1, -0.05) is 30.3 Å². The normalized spacial score (nSPS) is 11.8. The van der Waals surface area contributed by atoms with Crippen LogP contribution in [-0.2, 0) is 21.3 Å². The third kappa shape index (κ3) is 4.51. The lowest BCUT2D eigenvalue weighted by atomic mass is 10.2. The molecular formula is C15H15NO3S. The number of hydrogen-bond donors (Lipinski definition) is 1. The van der Waals surface area contributed by atoms with Crippen LogP contribution in [0.15, 0.2) is 54.6 Å². The molecule has 0 aliphatic rings. The van der Waals surface area contributed by atoms with Crippen molar-refractivity contribution in [3.05, 3.63) is 60.2 Å². The predicted molar refractivity (Wildman–Crippen MR) is 78.9 cm³/mol. The first-order valence-electron chi connectivity index (χ1n) is 6.08. The van der Waals surface area contributed by atoms with Gasteiger partial charge in [-0.25, -0.2) is 0 Å². The molecule has 0 aliphatic heterocycles. The van der Waals surface area contributed by atoms with Gasteiger partial charge in [0.25, 0.3) is 0 Å². The van der Waals surface area contributed by atoms with Crippen molar-refractivity contribution in [3.8, 4) is 11.5 Å². The van der Waals surface area contributed by atoms with Crippen LogP contribution < -0.4 is 10.5 Å². The topological polar surface area (TPSA) is 69.4 Å². The number of hydrogen-bond acceptors (Lipinski definition) is 3. The maximum Gasteiger partial charge on any atom is 0.230 e. The molecule has 2 aromatic carbocycles. The lowest BCUT2D eigenvalue weighted by Crippen LogP contribution is -2.20. The summed E-state index contributed by atoms with van der Waals surface area (Å²) in [6.07, 6.45) is 0. The zero-order chi connectivity index (χ0) is 14.4. The molecule has 1 amide bonds. The van der Waals surface area contributed by atoms with Crippen molar-refractivity contribution in [1.82, 2.24) is 0 Å². The Bertz CT molecular complexity index is 614. The Morgan fingerprint density at radius 1 is 1.05 bits per heavy atom. The van der Waals surface area contributed by atoms with Crippen LogP contribution in [0.3, 0.4) is 0 Å². The third-order valence-corrected chi connectivity index (χ3v) is 3.77. The van der Waals surface area contributed by atoms with E-state index in [0.717, 1.165) is 11.3 Å². The molecule has 2 rings (SSSR count). The highest BCUT2D eigenvalue weighted by Gasteiger charge is 2.06. The summed E-state index contributed by atoms with van der Waals surface area (Å²) >= 11 is 0. The molecule has 2 aromatic rings. The summed E-state index contributed by atoms with van der Waals surface area (Å²) in [5.74, 6) is 1.02. The van der Waals surface area contributed by atoms with Crippen molar-refractivity contribution in [2.45, 2.75) is 5.75 Å².